The number of ether oxygens (including phenoxy) is 1. The van der Waals surface area contributed by atoms with E-state index in [2.05, 4.69) is 4.98 Å². The third-order valence-corrected chi connectivity index (χ3v) is 4.14. The van der Waals surface area contributed by atoms with Crippen molar-refractivity contribution in [1.82, 2.24) is 4.98 Å². The lowest BCUT2D eigenvalue weighted by Gasteiger charge is -2.03. The van der Waals surface area contributed by atoms with E-state index in [0.717, 1.165) is 21.3 Å². The standard InChI is InChI=1S/C15H16ClNO2S/c1-9(2)14-15(10(3)18)20-13(17-14)8-19-12-6-4-11(16)5-7-12/h4-7,9H,8H2,1-3H3. The number of carbonyl (C=O) groups is 1. The van der Waals surface area contributed by atoms with Crippen molar-refractivity contribution in [3.63, 3.8) is 0 Å². The van der Waals surface area contributed by atoms with Crippen molar-refractivity contribution in [2.45, 2.75) is 33.3 Å². The van der Waals surface area contributed by atoms with E-state index in [4.69, 9.17) is 16.3 Å². The zero-order chi connectivity index (χ0) is 14.7. The van der Waals surface area contributed by atoms with Crippen molar-refractivity contribution in [2.75, 3.05) is 0 Å². The van der Waals surface area contributed by atoms with Gasteiger partial charge in [0.25, 0.3) is 0 Å². The maximum absolute atomic E-state index is 11.6. The minimum atomic E-state index is 0.0592. The number of halogens is 1. The highest BCUT2D eigenvalue weighted by Gasteiger charge is 2.17. The second kappa shape index (κ2) is 6.37. The van der Waals surface area contributed by atoms with Crippen LogP contribution in [0.25, 0.3) is 0 Å². The molecule has 2 rings (SSSR count). The van der Waals surface area contributed by atoms with Gasteiger partial charge in [-0.1, -0.05) is 25.4 Å². The summed E-state index contributed by atoms with van der Waals surface area (Å²) in [5, 5.41) is 1.49. The number of benzene rings is 1. The Balaban J connectivity index is 2.12. The van der Waals surface area contributed by atoms with Crippen LogP contribution in [0.4, 0.5) is 0 Å². The van der Waals surface area contributed by atoms with E-state index >= 15 is 0 Å². The number of ketones is 1. The lowest BCUT2D eigenvalue weighted by Crippen LogP contribution is -1.98. The molecule has 0 atom stereocenters. The average molecular weight is 310 g/mol. The molecule has 0 amide bonds. The molecule has 1 aromatic heterocycles. The van der Waals surface area contributed by atoms with Gasteiger partial charge in [-0.15, -0.1) is 11.3 Å². The maximum Gasteiger partial charge on any atom is 0.171 e. The Morgan fingerprint density at radius 3 is 2.50 bits per heavy atom. The Labute approximate surface area is 127 Å². The molecule has 0 unspecified atom stereocenters. The molecule has 0 aliphatic carbocycles. The van der Waals surface area contributed by atoms with Crippen LogP contribution in [-0.2, 0) is 6.61 Å². The Kier molecular flexibility index (Phi) is 4.78. The van der Waals surface area contributed by atoms with Crippen molar-refractivity contribution >= 4 is 28.7 Å². The summed E-state index contributed by atoms with van der Waals surface area (Å²) < 4.78 is 5.65. The van der Waals surface area contributed by atoms with Gasteiger partial charge in [0, 0.05) is 11.9 Å². The van der Waals surface area contributed by atoms with Crippen molar-refractivity contribution < 1.29 is 9.53 Å². The summed E-state index contributed by atoms with van der Waals surface area (Å²) in [5.74, 6) is 1.03. The van der Waals surface area contributed by atoms with Crippen molar-refractivity contribution in [3.05, 3.63) is 44.9 Å². The molecule has 0 fully saturated rings. The highest BCUT2D eigenvalue weighted by atomic mass is 35.5. The van der Waals surface area contributed by atoms with Gasteiger partial charge in [0.05, 0.1) is 10.6 Å². The number of hydrogen-bond acceptors (Lipinski definition) is 4. The van der Waals surface area contributed by atoms with Gasteiger partial charge < -0.3 is 4.74 Å². The van der Waals surface area contributed by atoms with E-state index in [1.807, 2.05) is 26.0 Å². The molecule has 1 aromatic carbocycles. The number of thiazole rings is 1. The first-order valence-corrected chi connectivity index (χ1v) is 7.55. The van der Waals surface area contributed by atoms with Crippen LogP contribution in [0.15, 0.2) is 24.3 Å². The van der Waals surface area contributed by atoms with Gasteiger partial charge in [0.2, 0.25) is 0 Å². The Hall–Kier alpha value is -1.39. The van der Waals surface area contributed by atoms with Crippen LogP contribution < -0.4 is 4.74 Å². The van der Waals surface area contributed by atoms with Crippen molar-refractivity contribution in [1.29, 1.82) is 0 Å². The highest BCUT2D eigenvalue weighted by Crippen LogP contribution is 2.26. The molecule has 0 saturated carbocycles. The smallest absolute Gasteiger partial charge is 0.171 e. The molecule has 0 spiro atoms. The van der Waals surface area contributed by atoms with E-state index in [1.165, 1.54) is 11.3 Å². The zero-order valence-corrected chi connectivity index (χ0v) is 13.2. The largest absolute Gasteiger partial charge is 0.486 e. The molecule has 1 heterocycles. The average Bonchev–Trinajstić information content (AvgIpc) is 2.83. The van der Waals surface area contributed by atoms with Crippen molar-refractivity contribution in [3.8, 4) is 5.75 Å². The third-order valence-electron chi connectivity index (χ3n) is 2.74. The first kappa shape index (κ1) is 15.0. The predicted molar refractivity (Wildman–Crippen MR) is 82.0 cm³/mol. The first-order chi connectivity index (χ1) is 9.47. The van der Waals surface area contributed by atoms with E-state index in [9.17, 15) is 4.79 Å². The van der Waals surface area contributed by atoms with Gasteiger partial charge in [-0.3, -0.25) is 4.79 Å². The molecule has 0 aliphatic rings. The molecule has 0 bridgehead atoms. The molecule has 0 saturated heterocycles. The van der Waals surface area contributed by atoms with E-state index in [0.29, 0.717) is 11.6 Å². The molecule has 0 radical (unpaired) electrons. The summed E-state index contributed by atoms with van der Waals surface area (Å²) in [6.45, 7) is 6.00. The Morgan fingerprint density at radius 1 is 1.35 bits per heavy atom. The molecule has 0 N–H and O–H groups in total. The molecule has 106 valence electrons. The highest BCUT2D eigenvalue weighted by molar-refractivity contribution is 7.13. The molecular formula is C15H16ClNO2S. The summed E-state index contributed by atoms with van der Waals surface area (Å²) in [6.07, 6.45) is 0. The zero-order valence-electron chi connectivity index (χ0n) is 11.6. The van der Waals surface area contributed by atoms with Crippen LogP contribution in [0.2, 0.25) is 5.02 Å². The summed E-state index contributed by atoms with van der Waals surface area (Å²) in [7, 11) is 0. The van der Waals surface area contributed by atoms with Crippen LogP contribution in [0.5, 0.6) is 5.75 Å². The third kappa shape index (κ3) is 3.58. The molecular weight excluding hydrogens is 294 g/mol. The van der Waals surface area contributed by atoms with E-state index < -0.39 is 0 Å². The van der Waals surface area contributed by atoms with E-state index in [1.54, 1.807) is 19.1 Å². The second-order valence-electron chi connectivity index (χ2n) is 4.78. The quantitative estimate of drug-likeness (QED) is 0.751. The summed E-state index contributed by atoms with van der Waals surface area (Å²) in [6, 6.07) is 7.18. The van der Waals surface area contributed by atoms with Gasteiger partial charge in [-0.25, -0.2) is 4.98 Å². The van der Waals surface area contributed by atoms with Gasteiger partial charge in [-0.05, 0) is 30.2 Å². The number of carbonyl (C=O) groups excluding carboxylic acids is 1. The maximum atomic E-state index is 11.6. The Bertz CT molecular complexity index is 605. The topological polar surface area (TPSA) is 39.2 Å². The lowest BCUT2D eigenvalue weighted by molar-refractivity contribution is 0.102. The van der Waals surface area contributed by atoms with Gasteiger partial charge in [0.15, 0.2) is 5.78 Å². The fraction of sp³-hybridized carbons (Fsp3) is 0.333. The van der Waals surface area contributed by atoms with Gasteiger partial charge >= 0.3 is 0 Å². The van der Waals surface area contributed by atoms with Crippen LogP contribution >= 0.6 is 22.9 Å². The second-order valence-corrected chi connectivity index (χ2v) is 6.30. The minimum absolute atomic E-state index is 0.0592. The number of Topliss-reactive ketones (excluding diaryl/α,β-unsaturated/α-hetero) is 1. The monoisotopic (exact) mass is 309 g/mol. The molecule has 20 heavy (non-hydrogen) atoms. The number of aromatic nitrogens is 1. The summed E-state index contributed by atoms with van der Waals surface area (Å²) in [5.41, 5.74) is 0.859. The predicted octanol–water partition coefficient (Wildman–Crippen LogP) is 4.70. The van der Waals surface area contributed by atoms with Crippen LogP contribution in [0, 0.1) is 0 Å². The SMILES string of the molecule is CC(=O)c1sc(COc2ccc(Cl)cc2)nc1C(C)C. The van der Waals surface area contributed by atoms with Gasteiger partial charge in [0.1, 0.15) is 17.4 Å². The summed E-state index contributed by atoms with van der Waals surface area (Å²) >= 11 is 7.23. The minimum Gasteiger partial charge on any atom is -0.486 e. The normalized spacial score (nSPS) is 10.8. The first-order valence-electron chi connectivity index (χ1n) is 6.36. The molecule has 3 nitrogen and oxygen atoms in total. The van der Waals surface area contributed by atoms with Crippen LogP contribution in [0.3, 0.4) is 0 Å². The lowest BCUT2D eigenvalue weighted by atomic mass is 10.1. The fourth-order valence-corrected chi connectivity index (χ4v) is 2.91. The molecule has 0 aliphatic heterocycles. The summed E-state index contributed by atoms with van der Waals surface area (Å²) in [4.78, 5) is 16.9. The fourth-order valence-electron chi connectivity index (χ4n) is 1.76. The number of rotatable bonds is 5. The van der Waals surface area contributed by atoms with E-state index in [-0.39, 0.29) is 11.7 Å². The van der Waals surface area contributed by atoms with Crippen LogP contribution in [-0.4, -0.2) is 10.8 Å². The van der Waals surface area contributed by atoms with Gasteiger partial charge in [-0.2, -0.15) is 0 Å². The Morgan fingerprint density at radius 2 is 2.00 bits per heavy atom. The number of hydrogen-bond donors (Lipinski definition) is 0. The van der Waals surface area contributed by atoms with Crippen molar-refractivity contribution in [2.24, 2.45) is 0 Å². The molecule has 5 heteroatoms. The molecule has 2 aromatic rings. The van der Waals surface area contributed by atoms with Crippen LogP contribution in [0.1, 0.15) is 47.1 Å². The number of nitrogens with zero attached hydrogens (tertiary/aromatic N) is 1.